The number of carbonyl (C=O) groups is 1. The van der Waals surface area contributed by atoms with E-state index in [9.17, 15) is 17.6 Å². The fourth-order valence-electron chi connectivity index (χ4n) is 2.56. The standard InChI is InChI=1S/C19H16Cl2FN5O4S/c1-10(28)27-32(29,30)17-8-12(3-5-13(17)20)25-19-23-9-15(22)18(26-19)24-11-4-6-16(31-2)14(21)7-11/h3-9H,1-2H3,(H,27,28)(H2,23,24,25,26). The highest BCUT2D eigenvalue weighted by Crippen LogP contribution is 2.30. The van der Waals surface area contributed by atoms with Crippen molar-refractivity contribution in [3.05, 3.63) is 58.5 Å². The van der Waals surface area contributed by atoms with Gasteiger partial charge in [-0.05, 0) is 36.4 Å². The lowest BCUT2D eigenvalue weighted by molar-refractivity contribution is -0.117. The zero-order valence-electron chi connectivity index (χ0n) is 16.6. The van der Waals surface area contributed by atoms with E-state index in [1.165, 1.54) is 31.4 Å². The molecule has 0 spiro atoms. The Bertz CT molecular complexity index is 1290. The fourth-order valence-corrected chi connectivity index (χ4v) is 4.33. The smallest absolute Gasteiger partial charge is 0.265 e. The second kappa shape index (κ2) is 9.55. The van der Waals surface area contributed by atoms with Crippen LogP contribution < -0.4 is 20.1 Å². The summed E-state index contributed by atoms with van der Waals surface area (Å²) in [6.07, 6.45) is 0.938. The van der Waals surface area contributed by atoms with Gasteiger partial charge in [-0.1, -0.05) is 23.2 Å². The summed E-state index contributed by atoms with van der Waals surface area (Å²) < 4.78 is 45.7. The molecule has 3 rings (SSSR count). The molecule has 0 fully saturated rings. The summed E-state index contributed by atoms with van der Waals surface area (Å²) in [5, 5.41) is 5.78. The first kappa shape index (κ1) is 23.5. The number of sulfonamides is 1. The van der Waals surface area contributed by atoms with E-state index in [1.54, 1.807) is 12.1 Å². The van der Waals surface area contributed by atoms with Crippen LogP contribution in [0.1, 0.15) is 6.92 Å². The Morgan fingerprint density at radius 1 is 1.06 bits per heavy atom. The van der Waals surface area contributed by atoms with Crippen LogP contribution in [0.15, 0.2) is 47.5 Å². The monoisotopic (exact) mass is 499 g/mol. The van der Waals surface area contributed by atoms with Crippen molar-refractivity contribution < 1.29 is 22.3 Å². The number of anilines is 4. The third kappa shape index (κ3) is 5.55. The molecule has 1 heterocycles. The van der Waals surface area contributed by atoms with E-state index < -0.39 is 21.7 Å². The van der Waals surface area contributed by atoms with Crippen molar-refractivity contribution in [2.45, 2.75) is 11.8 Å². The van der Waals surface area contributed by atoms with Gasteiger partial charge in [0.2, 0.25) is 11.9 Å². The zero-order chi connectivity index (χ0) is 23.5. The van der Waals surface area contributed by atoms with Gasteiger partial charge >= 0.3 is 0 Å². The summed E-state index contributed by atoms with van der Waals surface area (Å²) in [4.78, 5) is 18.8. The highest BCUT2D eigenvalue weighted by atomic mass is 35.5. The topological polar surface area (TPSA) is 122 Å². The van der Waals surface area contributed by atoms with E-state index >= 15 is 0 Å². The second-order valence-corrected chi connectivity index (χ2v) is 8.76. The molecule has 168 valence electrons. The molecule has 0 radical (unpaired) electrons. The normalized spacial score (nSPS) is 11.0. The van der Waals surface area contributed by atoms with Crippen LogP contribution >= 0.6 is 23.2 Å². The first-order valence-corrected chi connectivity index (χ1v) is 11.1. The predicted molar refractivity (Wildman–Crippen MR) is 119 cm³/mol. The van der Waals surface area contributed by atoms with Crippen LogP contribution in [0, 0.1) is 5.82 Å². The van der Waals surface area contributed by atoms with Gasteiger partial charge in [0, 0.05) is 18.3 Å². The molecule has 0 saturated heterocycles. The molecule has 0 atom stereocenters. The Morgan fingerprint density at radius 3 is 2.41 bits per heavy atom. The van der Waals surface area contributed by atoms with Gasteiger partial charge in [0.05, 0.1) is 23.4 Å². The summed E-state index contributed by atoms with van der Waals surface area (Å²) in [5.74, 6) is -1.22. The molecule has 1 aromatic heterocycles. The van der Waals surface area contributed by atoms with E-state index in [0.717, 1.165) is 13.1 Å². The number of rotatable bonds is 7. The van der Waals surface area contributed by atoms with Crippen LogP contribution in [0.25, 0.3) is 0 Å². The Hall–Kier alpha value is -3.15. The van der Waals surface area contributed by atoms with Crippen LogP contribution in [0.2, 0.25) is 10.0 Å². The highest BCUT2D eigenvalue weighted by Gasteiger charge is 2.20. The van der Waals surface area contributed by atoms with Gasteiger partial charge in [0.25, 0.3) is 10.0 Å². The molecule has 32 heavy (non-hydrogen) atoms. The average molecular weight is 500 g/mol. The molecule has 3 aromatic rings. The first-order valence-electron chi connectivity index (χ1n) is 8.82. The lowest BCUT2D eigenvalue weighted by Crippen LogP contribution is -2.28. The molecule has 0 aliphatic rings. The van der Waals surface area contributed by atoms with Crippen LogP contribution in [0.3, 0.4) is 0 Å². The van der Waals surface area contributed by atoms with E-state index in [2.05, 4.69) is 20.6 Å². The van der Waals surface area contributed by atoms with Gasteiger partial charge in [-0.15, -0.1) is 0 Å². The number of nitrogens with zero attached hydrogens (tertiary/aromatic N) is 2. The summed E-state index contributed by atoms with van der Waals surface area (Å²) in [6.45, 7) is 1.06. The summed E-state index contributed by atoms with van der Waals surface area (Å²) >= 11 is 12.0. The number of benzene rings is 2. The molecule has 0 unspecified atom stereocenters. The number of carbonyl (C=O) groups excluding carboxylic acids is 1. The number of aromatic nitrogens is 2. The van der Waals surface area contributed by atoms with Crippen LogP contribution in [0.5, 0.6) is 5.75 Å². The Kier molecular flexibility index (Phi) is 7.02. The molecule has 0 saturated carbocycles. The van der Waals surface area contributed by atoms with Gasteiger partial charge in [-0.2, -0.15) is 4.98 Å². The van der Waals surface area contributed by atoms with E-state index in [1.807, 2.05) is 4.72 Å². The zero-order valence-corrected chi connectivity index (χ0v) is 18.9. The number of methoxy groups -OCH3 is 1. The average Bonchev–Trinajstić information content (AvgIpc) is 2.71. The molecular formula is C19H16Cl2FN5O4S. The van der Waals surface area contributed by atoms with Crippen molar-refractivity contribution in [1.82, 2.24) is 14.7 Å². The molecule has 0 aliphatic heterocycles. The van der Waals surface area contributed by atoms with Crippen molar-refractivity contribution in [2.24, 2.45) is 0 Å². The van der Waals surface area contributed by atoms with Crippen molar-refractivity contribution in [3.8, 4) is 5.75 Å². The maximum Gasteiger partial charge on any atom is 0.265 e. The fraction of sp³-hybridized carbons (Fsp3) is 0.105. The van der Waals surface area contributed by atoms with Crippen LogP contribution in [0.4, 0.5) is 27.5 Å². The lowest BCUT2D eigenvalue weighted by atomic mass is 10.3. The molecule has 13 heteroatoms. The van der Waals surface area contributed by atoms with E-state index in [4.69, 9.17) is 27.9 Å². The quantitative estimate of drug-likeness (QED) is 0.441. The summed E-state index contributed by atoms with van der Waals surface area (Å²) in [7, 11) is -2.71. The summed E-state index contributed by atoms with van der Waals surface area (Å²) in [6, 6.07) is 8.74. The predicted octanol–water partition coefficient (Wildman–Crippen LogP) is 4.24. The van der Waals surface area contributed by atoms with Crippen LogP contribution in [-0.4, -0.2) is 31.4 Å². The lowest BCUT2D eigenvalue weighted by Gasteiger charge is -2.12. The molecule has 1 amide bonds. The van der Waals surface area contributed by atoms with E-state index in [0.29, 0.717) is 16.5 Å². The minimum absolute atomic E-state index is 0.0290. The molecule has 9 nitrogen and oxygen atoms in total. The third-order valence-corrected chi connectivity index (χ3v) is 6.12. The van der Waals surface area contributed by atoms with Gasteiger partial charge in [0.1, 0.15) is 10.6 Å². The number of hydrogen-bond acceptors (Lipinski definition) is 8. The number of ether oxygens (including phenoxy) is 1. The second-order valence-electron chi connectivity index (χ2n) is 6.30. The van der Waals surface area contributed by atoms with Gasteiger partial charge in [-0.3, -0.25) is 4.79 Å². The maximum absolute atomic E-state index is 14.2. The van der Waals surface area contributed by atoms with Gasteiger partial charge in [-0.25, -0.2) is 22.5 Å². The maximum atomic E-state index is 14.2. The summed E-state index contributed by atoms with van der Waals surface area (Å²) in [5.41, 5.74) is 0.693. The molecule has 0 aliphatic carbocycles. The molecule has 2 aromatic carbocycles. The van der Waals surface area contributed by atoms with Crippen LogP contribution in [-0.2, 0) is 14.8 Å². The van der Waals surface area contributed by atoms with Crippen molar-refractivity contribution in [3.63, 3.8) is 0 Å². The number of halogens is 3. The Labute approximate surface area is 193 Å². The van der Waals surface area contributed by atoms with Crippen molar-refractivity contribution in [2.75, 3.05) is 17.7 Å². The van der Waals surface area contributed by atoms with E-state index in [-0.39, 0.29) is 27.4 Å². The van der Waals surface area contributed by atoms with Crippen molar-refractivity contribution >= 4 is 62.3 Å². The first-order chi connectivity index (χ1) is 15.1. The van der Waals surface area contributed by atoms with Gasteiger partial charge < -0.3 is 15.4 Å². The Morgan fingerprint density at radius 2 is 1.75 bits per heavy atom. The largest absolute Gasteiger partial charge is 0.495 e. The highest BCUT2D eigenvalue weighted by molar-refractivity contribution is 7.90. The third-order valence-electron chi connectivity index (χ3n) is 3.91. The molecule has 3 N–H and O–H groups in total. The SMILES string of the molecule is COc1ccc(Nc2nc(Nc3ccc(Cl)c(S(=O)(=O)NC(C)=O)c3)ncc2F)cc1Cl. The van der Waals surface area contributed by atoms with Crippen molar-refractivity contribution in [1.29, 1.82) is 0 Å². The molecular weight excluding hydrogens is 484 g/mol. The minimum Gasteiger partial charge on any atom is -0.495 e. The number of amides is 1. The molecule has 0 bridgehead atoms. The van der Waals surface area contributed by atoms with Gasteiger partial charge in [0.15, 0.2) is 11.6 Å². The number of hydrogen-bond donors (Lipinski definition) is 3. The Balaban J connectivity index is 1.87. The number of nitrogens with one attached hydrogen (secondary N) is 3. The minimum atomic E-state index is -4.18.